The van der Waals surface area contributed by atoms with Crippen molar-refractivity contribution in [2.75, 3.05) is 5.75 Å². The van der Waals surface area contributed by atoms with E-state index in [1.54, 1.807) is 11.0 Å². The summed E-state index contributed by atoms with van der Waals surface area (Å²) in [5.74, 6) is 0.162. The number of carbonyl (C=O) groups excluding carboxylic acids is 1. The van der Waals surface area contributed by atoms with Gasteiger partial charge in [-0.3, -0.25) is 9.69 Å². The van der Waals surface area contributed by atoms with E-state index in [9.17, 15) is 9.18 Å². The average Bonchev–Trinajstić information content (AvgIpc) is 3.00. The van der Waals surface area contributed by atoms with Gasteiger partial charge in [-0.15, -0.1) is 0 Å². The van der Waals surface area contributed by atoms with Crippen LogP contribution in [-0.2, 0) is 11.2 Å². The van der Waals surface area contributed by atoms with Crippen molar-refractivity contribution in [1.82, 2.24) is 4.90 Å². The SMILES string of the molecule is O=C1CSC2=NC3=C(CCc4ccccc43)[C@H](c3cccc(F)c3)N12. The number of carbonyl (C=O) groups is 1. The van der Waals surface area contributed by atoms with E-state index >= 15 is 0 Å². The van der Waals surface area contributed by atoms with E-state index in [0.717, 1.165) is 40.4 Å². The number of hydrogen-bond donors (Lipinski definition) is 0. The first-order valence-corrected chi connectivity index (χ1v) is 9.31. The van der Waals surface area contributed by atoms with E-state index in [2.05, 4.69) is 12.1 Å². The second-order valence-corrected chi connectivity index (χ2v) is 7.38. The maximum absolute atomic E-state index is 13.9. The molecule has 1 aliphatic carbocycles. The Labute approximate surface area is 149 Å². The lowest BCUT2D eigenvalue weighted by Crippen LogP contribution is -2.38. The second-order valence-electron chi connectivity index (χ2n) is 6.44. The largest absolute Gasteiger partial charge is 0.279 e. The summed E-state index contributed by atoms with van der Waals surface area (Å²) in [5.41, 5.74) is 5.31. The van der Waals surface area contributed by atoms with Crippen molar-refractivity contribution in [3.8, 4) is 0 Å². The van der Waals surface area contributed by atoms with Gasteiger partial charge < -0.3 is 0 Å². The molecule has 0 bridgehead atoms. The number of thioether (sulfide) groups is 1. The normalized spacial score (nSPS) is 21.6. The first-order chi connectivity index (χ1) is 12.2. The van der Waals surface area contributed by atoms with Crippen molar-refractivity contribution in [3.63, 3.8) is 0 Å². The second kappa shape index (κ2) is 5.56. The van der Waals surface area contributed by atoms with Crippen LogP contribution in [0, 0.1) is 5.82 Å². The molecule has 3 aliphatic rings. The fourth-order valence-electron chi connectivity index (χ4n) is 3.92. The van der Waals surface area contributed by atoms with Gasteiger partial charge in [0.2, 0.25) is 5.91 Å². The van der Waals surface area contributed by atoms with Crippen LogP contribution in [0.25, 0.3) is 5.70 Å². The van der Waals surface area contributed by atoms with Crippen molar-refractivity contribution in [3.05, 3.63) is 76.6 Å². The predicted octanol–water partition coefficient (Wildman–Crippen LogP) is 4.17. The minimum atomic E-state index is -0.278. The molecule has 1 fully saturated rings. The minimum absolute atomic E-state index is 0.0448. The van der Waals surface area contributed by atoms with E-state index in [1.807, 2.05) is 18.2 Å². The van der Waals surface area contributed by atoms with Crippen molar-refractivity contribution < 1.29 is 9.18 Å². The highest BCUT2D eigenvalue weighted by atomic mass is 32.2. The molecule has 1 atom stereocenters. The summed E-state index contributed by atoms with van der Waals surface area (Å²) in [4.78, 5) is 19.1. The lowest BCUT2D eigenvalue weighted by atomic mass is 9.82. The number of fused-ring (bicyclic) bond motifs is 3. The first kappa shape index (κ1) is 14.9. The van der Waals surface area contributed by atoms with Crippen LogP contribution >= 0.6 is 11.8 Å². The van der Waals surface area contributed by atoms with Crippen LogP contribution in [-0.4, -0.2) is 21.7 Å². The number of hydrogen-bond acceptors (Lipinski definition) is 3. The Kier molecular flexibility index (Phi) is 3.31. The van der Waals surface area contributed by atoms with Gasteiger partial charge in [0.1, 0.15) is 5.82 Å². The third-order valence-corrected chi connectivity index (χ3v) is 5.94. The number of rotatable bonds is 1. The number of halogens is 1. The Morgan fingerprint density at radius 1 is 1.12 bits per heavy atom. The van der Waals surface area contributed by atoms with E-state index in [0.29, 0.717) is 5.75 Å². The predicted molar refractivity (Wildman–Crippen MR) is 97.6 cm³/mol. The number of amidine groups is 1. The Bertz CT molecular complexity index is 966. The molecule has 5 heteroatoms. The van der Waals surface area contributed by atoms with Gasteiger partial charge in [0, 0.05) is 5.56 Å². The Balaban J connectivity index is 1.74. The molecule has 2 aliphatic heterocycles. The Morgan fingerprint density at radius 2 is 2.00 bits per heavy atom. The molecule has 0 spiro atoms. The van der Waals surface area contributed by atoms with Crippen LogP contribution in [0.5, 0.6) is 0 Å². The third-order valence-electron chi connectivity index (χ3n) is 5.00. The zero-order valence-electron chi connectivity index (χ0n) is 13.4. The van der Waals surface area contributed by atoms with Crippen molar-refractivity contribution in [1.29, 1.82) is 0 Å². The van der Waals surface area contributed by atoms with Gasteiger partial charge in [-0.05, 0) is 41.7 Å². The summed E-state index contributed by atoms with van der Waals surface area (Å²) in [7, 11) is 0. The van der Waals surface area contributed by atoms with Crippen LogP contribution in [0.3, 0.4) is 0 Å². The minimum Gasteiger partial charge on any atom is -0.279 e. The number of aryl methyl sites for hydroxylation is 1. The van der Waals surface area contributed by atoms with Crippen LogP contribution in [0.15, 0.2) is 59.1 Å². The molecule has 25 heavy (non-hydrogen) atoms. The Hall–Kier alpha value is -2.40. The summed E-state index contributed by atoms with van der Waals surface area (Å²) in [6.07, 6.45) is 1.75. The zero-order chi connectivity index (χ0) is 17.0. The molecule has 0 saturated carbocycles. The van der Waals surface area contributed by atoms with E-state index < -0.39 is 0 Å². The molecule has 1 saturated heterocycles. The van der Waals surface area contributed by atoms with E-state index in [4.69, 9.17) is 4.99 Å². The number of amides is 1. The quantitative estimate of drug-likeness (QED) is 0.773. The summed E-state index contributed by atoms with van der Waals surface area (Å²) in [5, 5.41) is 0.731. The highest BCUT2D eigenvalue weighted by Gasteiger charge is 2.42. The molecular formula is C20H15FN2OS. The maximum atomic E-state index is 13.9. The van der Waals surface area contributed by atoms with Gasteiger partial charge in [0.05, 0.1) is 17.5 Å². The smallest absolute Gasteiger partial charge is 0.239 e. The molecule has 2 heterocycles. The molecule has 2 aromatic rings. The summed E-state index contributed by atoms with van der Waals surface area (Å²) in [6, 6.07) is 14.6. The monoisotopic (exact) mass is 350 g/mol. The van der Waals surface area contributed by atoms with Gasteiger partial charge in [0.25, 0.3) is 0 Å². The standard InChI is InChI=1S/C20H15FN2OS/c21-14-6-3-5-13(10-14)19-16-9-8-12-4-1-2-7-15(12)18(16)22-20-23(19)17(24)11-25-20/h1-7,10,19H,8-9,11H2/t19-/m0/s1. The third kappa shape index (κ3) is 2.26. The summed E-state index contributed by atoms with van der Waals surface area (Å²) < 4.78 is 13.9. The number of benzene rings is 2. The summed E-state index contributed by atoms with van der Waals surface area (Å²) in [6.45, 7) is 0. The van der Waals surface area contributed by atoms with Gasteiger partial charge >= 0.3 is 0 Å². The zero-order valence-corrected chi connectivity index (χ0v) is 14.2. The summed E-state index contributed by atoms with van der Waals surface area (Å²) >= 11 is 1.47. The molecule has 0 N–H and O–H groups in total. The molecule has 3 nitrogen and oxygen atoms in total. The first-order valence-electron chi connectivity index (χ1n) is 8.33. The lowest BCUT2D eigenvalue weighted by molar-refractivity contribution is -0.125. The highest BCUT2D eigenvalue weighted by molar-refractivity contribution is 8.15. The maximum Gasteiger partial charge on any atom is 0.239 e. The lowest BCUT2D eigenvalue weighted by Gasteiger charge is -2.37. The Morgan fingerprint density at radius 3 is 2.88 bits per heavy atom. The van der Waals surface area contributed by atoms with Crippen molar-refractivity contribution >= 4 is 28.5 Å². The molecular weight excluding hydrogens is 335 g/mol. The fourth-order valence-corrected chi connectivity index (χ4v) is 4.81. The molecule has 0 aromatic heterocycles. The van der Waals surface area contributed by atoms with Crippen molar-refractivity contribution in [2.24, 2.45) is 4.99 Å². The fraction of sp³-hybridized carbons (Fsp3) is 0.200. The van der Waals surface area contributed by atoms with Crippen LogP contribution in [0.1, 0.15) is 29.2 Å². The van der Waals surface area contributed by atoms with E-state index in [1.165, 1.54) is 29.5 Å². The van der Waals surface area contributed by atoms with Crippen LogP contribution in [0.4, 0.5) is 4.39 Å². The van der Waals surface area contributed by atoms with Crippen molar-refractivity contribution in [2.45, 2.75) is 18.9 Å². The van der Waals surface area contributed by atoms with Crippen LogP contribution in [0.2, 0.25) is 0 Å². The molecule has 2 aromatic carbocycles. The van der Waals surface area contributed by atoms with E-state index in [-0.39, 0.29) is 17.8 Å². The topological polar surface area (TPSA) is 32.7 Å². The molecule has 5 rings (SSSR count). The molecule has 0 radical (unpaired) electrons. The number of aliphatic imine (C=N–C) groups is 1. The highest BCUT2D eigenvalue weighted by Crippen LogP contribution is 2.47. The average molecular weight is 350 g/mol. The number of nitrogens with zero attached hydrogens (tertiary/aromatic N) is 2. The molecule has 1 amide bonds. The van der Waals surface area contributed by atoms with Crippen LogP contribution < -0.4 is 0 Å². The molecule has 124 valence electrons. The van der Waals surface area contributed by atoms with Gasteiger partial charge in [-0.1, -0.05) is 48.2 Å². The van der Waals surface area contributed by atoms with Gasteiger partial charge in [0.15, 0.2) is 5.17 Å². The van der Waals surface area contributed by atoms with Gasteiger partial charge in [-0.2, -0.15) is 0 Å². The molecule has 0 unspecified atom stereocenters. The van der Waals surface area contributed by atoms with Gasteiger partial charge in [-0.25, -0.2) is 9.38 Å².